The Kier molecular flexibility index (Phi) is 4.17. The maximum Gasteiger partial charge on any atom is 0.256 e. The molecule has 1 heterocycles. The van der Waals surface area contributed by atoms with Crippen molar-refractivity contribution in [2.24, 2.45) is 0 Å². The Bertz CT molecular complexity index is 414. The predicted molar refractivity (Wildman–Crippen MR) is 70.3 cm³/mol. The first kappa shape index (κ1) is 12.9. The first-order valence-electron chi connectivity index (χ1n) is 6.19. The number of anilines is 1. The van der Waals surface area contributed by atoms with Crippen molar-refractivity contribution in [1.82, 2.24) is 9.80 Å². The Labute approximate surface area is 107 Å². The molecule has 0 aliphatic carbocycles. The number of nitrogen functional groups attached to an aromatic ring is 1. The van der Waals surface area contributed by atoms with Gasteiger partial charge in [0.15, 0.2) is 0 Å². The van der Waals surface area contributed by atoms with Gasteiger partial charge >= 0.3 is 0 Å². The minimum atomic E-state index is -0.00301. The van der Waals surface area contributed by atoms with Crippen LogP contribution in [0, 0.1) is 0 Å². The predicted octanol–water partition coefficient (Wildman–Crippen LogP) is 0.0189. The third-order valence-corrected chi connectivity index (χ3v) is 3.27. The maximum absolute atomic E-state index is 12.3. The Morgan fingerprint density at radius 3 is 2.50 bits per heavy atom. The van der Waals surface area contributed by atoms with Gasteiger partial charge in [0.2, 0.25) is 0 Å². The molecule has 5 heteroatoms. The van der Waals surface area contributed by atoms with Crippen molar-refractivity contribution >= 4 is 11.6 Å². The van der Waals surface area contributed by atoms with E-state index in [0.717, 1.165) is 13.1 Å². The van der Waals surface area contributed by atoms with Crippen LogP contribution < -0.4 is 5.73 Å². The molecule has 0 spiro atoms. The molecule has 0 saturated carbocycles. The number of nitrogens with zero attached hydrogens (tertiary/aromatic N) is 2. The summed E-state index contributed by atoms with van der Waals surface area (Å²) >= 11 is 0. The summed E-state index contributed by atoms with van der Waals surface area (Å²) in [5, 5.41) is 8.87. The van der Waals surface area contributed by atoms with Gasteiger partial charge in [-0.3, -0.25) is 9.69 Å². The van der Waals surface area contributed by atoms with Crippen molar-refractivity contribution in [3.8, 4) is 0 Å². The van der Waals surface area contributed by atoms with Crippen LogP contribution in [-0.4, -0.2) is 60.1 Å². The number of carbonyl (C=O) groups excluding carboxylic acids is 1. The van der Waals surface area contributed by atoms with Crippen LogP contribution >= 0.6 is 0 Å². The van der Waals surface area contributed by atoms with Crippen molar-refractivity contribution in [1.29, 1.82) is 0 Å². The first-order valence-corrected chi connectivity index (χ1v) is 6.19. The number of piperazine rings is 1. The molecule has 0 atom stereocenters. The monoisotopic (exact) mass is 249 g/mol. The van der Waals surface area contributed by atoms with Crippen LogP contribution in [-0.2, 0) is 0 Å². The van der Waals surface area contributed by atoms with E-state index in [-0.39, 0.29) is 12.5 Å². The van der Waals surface area contributed by atoms with Crippen LogP contribution in [0.25, 0.3) is 0 Å². The first-order chi connectivity index (χ1) is 8.72. The second-order valence-electron chi connectivity index (χ2n) is 4.44. The number of carbonyl (C=O) groups is 1. The lowest BCUT2D eigenvalue weighted by Crippen LogP contribution is -2.49. The number of aliphatic hydroxyl groups is 1. The van der Waals surface area contributed by atoms with Crippen LogP contribution in [0.1, 0.15) is 10.4 Å². The van der Waals surface area contributed by atoms with Crippen LogP contribution in [0.4, 0.5) is 5.69 Å². The van der Waals surface area contributed by atoms with Crippen molar-refractivity contribution in [2.45, 2.75) is 0 Å². The quantitative estimate of drug-likeness (QED) is 0.741. The smallest absolute Gasteiger partial charge is 0.256 e. The summed E-state index contributed by atoms with van der Waals surface area (Å²) in [5.41, 5.74) is 6.92. The molecule has 0 unspecified atom stereocenters. The highest BCUT2D eigenvalue weighted by Gasteiger charge is 2.22. The fourth-order valence-electron chi connectivity index (χ4n) is 2.18. The highest BCUT2D eigenvalue weighted by atomic mass is 16.3. The van der Waals surface area contributed by atoms with Crippen molar-refractivity contribution in [2.75, 3.05) is 45.1 Å². The van der Waals surface area contributed by atoms with E-state index in [0.29, 0.717) is 30.9 Å². The van der Waals surface area contributed by atoms with Gasteiger partial charge in [0, 0.05) is 38.4 Å². The van der Waals surface area contributed by atoms with E-state index in [1.54, 1.807) is 12.1 Å². The molecule has 18 heavy (non-hydrogen) atoms. The lowest BCUT2D eigenvalue weighted by molar-refractivity contribution is 0.0616. The van der Waals surface area contributed by atoms with E-state index < -0.39 is 0 Å². The van der Waals surface area contributed by atoms with Crippen molar-refractivity contribution in [3.63, 3.8) is 0 Å². The average Bonchev–Trinajstić information content (AvgIpc) is 2.40. The van der Waals surface area contributed by atoms with Gasteiger partial charge in [-0.1, -0.05) is 12.1 Å². The van der Waals surface area contributed by atoms with Crippen molar-refractivity contribution < 1.29 is 9.90 Å². The number of amides is 1. The Morgan fingerprint density at radius 2 is 1.89 bits per heavy atom. The summed E-state index contributed by atoms with van der Waals surface area (Å²) in [6.45, 7) is 3.83. The lowest BCUT2D eigenvalue weighted by atomic mass is 10.1. The van der Waals surface area contributed by atoms with Crippen LogP contribution in [0.15, 0.2) is 24.3 Å². The molecule has 2 rings (SSSR count). The van der Waals surface area contributed by atoms with Crippen molar-refractivity contribution in [3.05, 3.63) is 29.8 Å². The minimum absolute atomic E-state index is 0.00301. The summed E-state index contributed by atoms with van der Waals surface area (Å²) in [6.07, 6.45) is 0. The van der Waals surface area contributed by atoms with Gasteiger partial charge < -0.3 is 15.7 Å². The van der Waals surface area contributed by atoms with E-state index in [1.807, 2.05) is 17.0 Å². The molecule has 3 N–H and O–H groups in total. The molecule has 0 radical (unpaired) electrons. The van der Waals surface area contributed by atoms with E-state index >= 15 is 0 Å². The molecule has 98 valence electrons. The zero-order chi connectivity index (χ0) is 13.0. The van der Waals surface area contributed by atoms with Gasteiger partial charge in [0.05, 0.1) is 12.2 Å². The van der Waals surface area contributed by atoms with E-state index in [4.69, 9.17) is 10.8 Å². The molecule has 0 bridgehead atoms. The second kappa shape index (κ2) is 5.84. The number of aliphatic hydroxyl groups excluding tert-OH is 1. The van der Waals surface area contributed by atoms with Gasteiger partial charge in [-0.2, -0.15) is 0 Å². The summed E-state index contributed by atoms with van der Waals surface area (Å²) in [5.74, 6) is -0.00301. The SMILES string of the molecule is Nc1ccccc1C(=O)N1CCN(CCO)CC1. The third kappa shape index (κ3) is 2.80. The number of hydrogen-bond acceptors (Lipinski definition) is 4. The van der Waals surface area contributed by atoms with Gasteiger partial charge in [-0.25, -0.2) is 0 Å². The largest absolute Gasteiger partial charge is 0.398 e. The van der Waals surface area contributed by atoms with Crippen LogP contribution in [0.3, 0.4) is 0 Å². The van der Waals surface area contributed by atoms with E-state index in [2.05, 4.69) is 4.90 Å². The van der Waals surface area contributed by atoms with Gasteiger partial charge in [0.1, 0.15) is 0 Å². The highest BCUT2D eigenvalue weighted by molar-refractivity contribution is 5.99. The second-order valence-corrected chi connectivity index (χ2v) is 4.44. The van der Waals surface area contributed by atoms with E-state index in [1.165, 1.54) is 0 Å². The van der Waals surface area contributed by atoms with Gasteiger partial charge in [-0.05, 0) is 12.1 Å². The van der Waals surface area contributed by atoms with Crippen LogP contribution in [0.2, 0.25) is 0 Å². The zero-order valence-electron chi connectivity index (χ0n) is 10.4. The Hall–Kier alpha value is -1.59. The van der Waals surface area contributed by atoms with Gasteiger partial charge in [-0.15, -0.1) is 0 Å². The summed E-state index contributed by atoms with van der Waals surface area (Å²) in [7, 11) is 0. The average molecular weight is 249 g/mol. The number of β-amino-alcohol motifs (C(OH)–C–C–N with tert-alkyl or cyclic N) is 1. The number of nitrogens with two attached hydrogens (primary N) is 1. The molecule has 5 nitrogen and oxygen atoms in total. The Balaban J connectivity index is 1.98. The molecular weight excluding hydrogens is 230 g/mol. The van der Waals surface area contributed by atoms with Crippen LogP contribution in [0.5, 0.6) is 0 Å². The molecule has 1 amide bonds. The number of para-hydroxylation sites is 1. The summed E-state index contributed by atoms with van der Waals surface area (Å²) < 4.78 is 0. The highest BCUT2D eigenvalue weighted by Crippen LogP contribution is 2.14. The topological polar surface area (TPSA) is 69.8 Å². The molecule has 1 aromatic rings. The fraction of sp³-hybridized carbons (Fsp3) is 0.462. The number of benzene rings is 1. The standard InChI is InChI=1S/C13H19N3O2/c14-12-4-2-1-3-11(12)13(18)16-7-5-15(6-8-16)9-10-17/h1-4,17H,5-10,14H2. The third-order valence-electron chi connectivity index (χ3n) is 3.27. The number of hydrogen-bond donors (Lipinski definition) is 2. The van der Waals surface area contributed by atoms with E-state index in [9.17, 15) is 4.79 Å². The molecule has 1 aliphatic heterocycles. The minimum Gasteiger partial charge on any atom is -0.398 e. The molecule has 1 aliphatic rings. The molecular formula is C13H19N3O2. The molecule has 1 saturated heterocycles. The molecule has 1 aromatic carbocycles. The maximum atomic E-state index is 12.3. The Morgan fingerprint density at radius 1 is 1.22 bits per heavy atom. The molecule has 0 aromatic heterocycles. The fourth-order valence-corrected chi connectivity index (χ4v) is 2.18. The van der Waals surface area contributed by atoms with Gasteiger partial charge in [0.25, 0.3) is 5.91 Å². The number of rotatable bonds is 3. The summed E-state index contributed by atoms with van der Waals surface area (Å²) in [6, 6.07) is 7.16. The molecule has 1 fully saturated rings. The normalized spacial score (nSPS) is 16.8. The zero-order valence-corrected chi connectivity index (χ0v) is 10.4. The summed E-state index contributed by atoms with van der Waals surface area (Å²) in [4.78, 5) is 16.2. The lowest BCUT2D eigenvalue weighted by Gasteiger charge is -2.34.